The number of hydrogen-bond acceptors (Lipinski definition) is 4. The first-order valence-corrected chi connectivity index (χ1v) is 8.42. The van der Waals surface area contributed by atoms with Crippen LogP contribution in [0.1, 0.15) is 70.8 Å². The molecule has 0 aliphatic carbocycles. The number of furan rings is 1. The molecule has 7 nitrogen and oxygen atoms in total. The van der Waals surface area contributed by atoms with Gasteiger partial charge < -0.3 is 14.4 Å². The van der Waals surface area contributed by atoms with E-state index in [2.05, 4.69) is 18.9 Å². The van der Waals surface area contributed by atoms with Crippen molar-refractivity contribution in [1.29, 1.82) is 0 Å². The fraction of sp³-hybridized carbons (Fsp3) is 0.500. The second-order valence-electron chi connectivity index (χ2n) is 6.23. The highest BCUT2D eigenvalue weighted by molar-refractivity contribution is 5.92. The molecular weight excluding hydrogens is 322 g/mol. The van der Waals surface area contributed by atoms with Crippen LogP contribution >= 0.6 is 0 Å². The van der Waals surface area contributed by atoms with Crippen molar-refractivity contribution < 1.29 is 19.1 Å². The van der Waals surface area contributed by atoms with Gasteiger partial charge in [0.15, 0.2) is 5.69 Å². The van der Waals surface area contributed by atoms with Gasteiger partial charge in [0.05, 0.1) is 12.6 Å². The molecule has 0 spiro atoms. The van der Waals surface area contributed by atoms with Crippen LogP contribution in [0.25, 0.3) is 0 Å². The summed E-state index contributed by atoms with van der Waals surface area (Å²) in [5.41, 5.74) is 1.45. The fourth-order valence-corrected chi connectivity index (χ4v) is 2.93. The molecule has 0 aliphatic rings. The number of carbonyl (C=O) groups is 2. The maximum absolute atomic E-state index is 12.6. The van der Waals surface area contributed by atoms with Crippen LogP contribution in [0.15, 0.2) is 16.5 Å². The van der Waals surface area contributed by atoms with Crippen molar-refractivity contribution in [3.8, 4) is 0 Å². The predicted octanol–water partition coefficient (Wildman–Crippen LogP) is 3.42. The van der Waals surface area contributed by atoms with Crippen molar-refractivity contribution in [2.45, 2.75) is 53.1 Å². The maximum Gasteiger partial charge on any atom is 0.339 e. The Labute approximate surface area is 147 Å². The van der Waals surface area contributed by atoms with E-state index in [4.69, 9.17) is 9.52 Å². The first kappa shape index (κ1) is 18.8. The molecule has 2 aromatic rings. The van der Waals surface area contributed by atoms with Crippen molar-refractivity contribution in [3.63, 3.8) is 0 Å². The molecule has 7 heteroatoms. The van der Waals surface area contributed by atoms with Crippen molar-refractivity contribution in [1.82, 2.24) is 14.7 Å². The minimum absolute atomic E-state index is 0.115. The van der Waals surface area contributed by atoms with Gasteiger partial charge in [0.1, 0.15) is 17.1 Å². The molecule has 0 aromatic carbocycles. The number of carboxylic acid groups (broad SMARTS) is 1. The van der Waals surface area contributed by atoms with Crippen molar-refractivity contribution in [2.24, 2.45) is 0 Å². The average Bonchev–Trinajstić information content (AvgIpc) is 3.11. The zero-order chi connectivity index (χ0) is 18.7. The second kappa shape index (κ2) is 7.55. The summed E-state index contributed by atoms with van der Waals surface area (Å²) in [6, 6.07) is 3.51. The van der Waals surface area contributed by atoms with Crippen molar-refractivity contribution >= 4 is 11.9 Å². The molecule has 1 N–H and O–H groups in total. The Hall–Kier alpha value is -2.57. The van der Waals surface area contributed by atoms with Crippen LogP contribution < -0.4 is 0 Å². The first-order chi connectivity index (χ1) is 11.8. The zero-order valence-electron chi connectivity index (χ0n) is 15.4. The maximum atomic E-state index is 12.6. The lowest BCUT2D eigenvalue weighted by atomic mass is 10.2. The molecular formula is C18H25N3O4. The van der Waals surface area contributed by atoms with E-state index in [1.165, 1.54) is 11.0 Å². The number of carbonyl (C=O) groups excluding carboxylic acids is 1. The van der Waals surface area contributed by atoms with Gasteiger partial charge >= 0.3 is 5.97 Å². The van der Waals surface area contributed by atoms with Crippen LogP contribution in [-0.2, 0) is 6.54 Å². The van der Waals surface area contributed by atoms with Gasteiger partial charge in [0.2, 0.25) is 0 Å². The first-order valence-electron chi connectivity index (χ1n) is 8.42. The summed E-state index contributed by atoms with van der Waals surface area (Å²) in [6.45, 7) is 7.92. The lowest BCUT2D eigenvalue weighted by Crippen LogP contribution is -2.26. The van der Waals surface area contributed by atoms with E-state index in [1.54, 1.807) is 20.0 Å². The van der Waals surface area contributed by atoms with E-state index in [1.807, 2.05) is 11.6 Å². The number of aryl methyl sites for hydroxylation is 2. The molecule has 0 bridgehead atoms. The van der Waals surface area contributed by atoms with Gasteiger partial charge in [-0.3, -0.25) is 9.48 Å². The predicted molar refractivity (Wildman–Crippen MR) is 92.8 cm³/mol. The number of amides is 1. The van der Waals surface area contributed by atoms with Crippen molar-refractivity contribution in [2.75, 3.05) is 7.05 Å². The molecule has 0 radical (unpaired) electrons. The summed E-state index contributed by atoms with van der Waals surface area (Å²) in [7, 11) is 1.64. The molecule has 0 aliphatic heterocycles. The summed E-state index contributed by atoms with van der Waals surface area (Å²) in [4.78, 5) is 25.2. The Balaban J connectivity index is 2.16. The second-order valence-corrected chi connectivity index (χ2v) is 6.23. The number of nitrogens with zero attached hydrogens (tertiary/aromatic N) is 3. The largest absolute Gasteiger partial charge is 0.478 e. The molecule has 0 fully saturated rings. The Morgan fingerprint density at radius 2 is 1.92 bits per heavy atom. The number of rotatable bonds is 7. The SMILES string of the molecule is CCC(CC)n1nc(C(=O)N(C)Cc2cc(C(=O)O)c(C)o2)cc1C. The van der Waals surface area contributed by atoms with Crippen LogP contribution in [0, 0.1) is 13.8 Å². The Morgan fingerprint density at radius 1 is 1.28 bits per heavy atom. The quantitative estimate of drug-likeness (QED) is 0.829. The smallest absolute Gasteiger partial charge is 0.339 e. The summed E-state index contributed by atoms with van der Waals surface area (Å²) in [5.74, 6) is -0.501. The number of aromatic nitrogens is 2. The Bertz CT molecular complexity index is 771. The van der Waals surface area contributed by atoms with Crippen LogP contribution in [0.5, 0.6) is 0 Å². The van der Waals surface area contributed by atoms with Gasteiger partial charge in [-0.1, -0.05) is 13.8 Å². The van der Waals surface area contributed by atoms with E-state index in [9.17, 15) is 9.59 Å². The normalized spacial score (nSPS) is 11.1. The summed E-state index contributed by atoms with van der Waals surface area (Å²) in [6.07, 6.45) is 1.90. The zero-order valence-corrected chi connectivity index (χ0v) is 15.4. The highest BCUT2D eigenvalue weighted by atomic mass is 16.4. The third-order valence-corrected chi connectivity index (χ3v) is 4.37. The fourth-order valence-electron chi connectivity index (χ4n) is 2.93. The average molecular weight is 347 g/mol. The molecule has 0 unspecified atom stereocenters. The number of hydrogen-bond donors (Lipinski definition) is 1. The van der Waals surface area contributed by atoms with E-state index in [0.717, 1.165) is 18.5 Å². The van der Waals surface area contributed by atoms with Gasteiger partial charge in [-0.15, -0.1) is 0 Å². The summed E-state index contributed by atoms with van der Waals surface area (Å²) in [5, 5.41) is 13.5. The van der Waals surface area contributed by atoms with E-state index >= 15 is 0 Å². The van der Waals surface area contributed by atoms with E-state index in [-0.39, 0.29) is 24.1 Å². The standard InChI is InChI=1S/C18H25N3O4/c1-6-13(7-2)21-11(3)8-16(19-21)17(22)20(5)10-14-9-15(18(23)24)12(4)25-14/h8-9,13H,6-7,10H2,1-5H3,(H,23,24). The van der Waals surface area contributed by atoms with Crippen molar-refractivity contribution in [3.05, 3.63) is 40.6 Å². The van der Waals surface area contributed by atoms with Gasteiger partial charge in [0.25, 0.3) is 5.91 Å². The van der Waals surface area contributed by atoms with E-state index < -0.39 is 5.97 Å². The monoisotopic (exact) mass is 347 g/mol. The molecule has 0 saturated carbocycles. The highest BCUT2D eigenvalue weighted by Gasteiger charge is 2.21. The highest BCUT2D eigenvalue weighted by Crippen LogP contribution is 2.20. The van der Waals surface area contributed by atoms with Crippen LogP contribution in [0.4, 0.5) is 0 Å². The Morgan fingerprint density at radius 3 is 2.44 bits per heavy atom. The lowest BCUT2D eigenvalue weighted by Gasteiger charge is -2.16. The molecule has 2 rings (SSSR count). The number of carboxylic acids is 1. The molecule has 2 heterocycles. The number of aromatic carboxylic acids is 1. The minimum Gasteiger partial charge on any atom is -0.478 e. The van der Waals surface area contributed by atoms with Crippen LogP contribution in [0.3, 0.4) is 0 Å². The topological polar surface area (TPSA) is 88.6 Å². The van der Waals surface area contributed by atoms with Gasteiger partial charge in [-0.2, -0.15) is 5.10 Å². The van der Waals surface area contributed by atoms with Crippen LogP contribution in [0.2, 0.25) is 0 Å². The summed E-state index contributed by atoms with van der Waals surface area (Å²) < 4.78 is 7.34. The van der Waals surface area contributed by atoms with Gasteiger partial charge in [-0.25, -0.2) is 4.79 Å². The minimum atomic E-state index is -1.04. The van der Waals surface area contributed by atoms with Gasteiger partial charge in [0, 0.05) is 12.7 Å². The molecule has 136 valence electrons. The van der Waals surface area contributed by atoms with Crippen LogP contribution in [-0.4, -0.2) is 38.7 Å². The molecule has 0 atom stereocenters. The molecule has 0 saturated heterocycles. The molecule has 1 amide bonds. The van der Waals surface area contributed by atoms with Gasteiger partial charge in [-0.05, 0) is 38.8 Å². The third kappa shape index (κ3) is 3.92. The molecule has 25 heavy (non-hydrogen) atoms. The molecule has 2 aromatic heterocycles. The lowest BCUT2D eigenvalue weighted by molar-refractivity contribution is 0.0694. The summed E-state index contributed by atoms with van der Waals surface area (Å²) >= 11 is 0. The Kier molecular flexibility index (Phi) is 5.66. The third-order valence-electron chi connectivity index (χ3n) is 4.37. The van der Waals surface area contributed by atoms with E-state index in [0.29, 0.717) is 17.2 Å².